The van der Waals surface area contributed by atoms with Crippen LogP contribution in [0.5, 0.6) is 11.5 Å². The van der Waals surface area contributed by atoms with E-state index in [2.05, 4.69) is 15.4 Å². The van der Waals surface area contributed by atoms with Gasteiger partial charge in [-0.3, -0.25) is 4.79 Å². The van der Waals surface area contributed by atoms with E-state index in [4.69, 9.17) is 4.74 Å². The smallest absolute Gasteiger partial charge is 0.387 e. The number of hydrogen-bond acceptors (Lipinski definition) is 4. The van der Waals surface area contributed by atoms with Crippen molar-refractivity contribution in [3.8, 4) is 11.5 Å². The van der Waals surface area contributed by atoms with E-state index in [0.717, 1.165) is 5.56 Å². The van der Waals surface area contributed by atoms with Crippen molar-refractivity contribution in [2.75, 3.05) is 19.0 Å². The highest BCUT2D eigenvalue weighted by Gasteiger charge is 2.15. The zero-order chi connectivity index (χ0) is 19.8. The first kappa shape index (κ1) is 20.4. The van der Waals surface area contributed by atoms with E-state index >= 15 is 0 Å². The molecular weight excluding hydrogens is 361 g/mol. The van der Waals surface area contributed by atoms with Crippen molar-refractivity contribution in [3.63, 3.8) is 0 Å². The Balaban J connectivity index is 1.88. The molecule has 0 unspecified atom stereocenters. The number of hydrogen-bond donors (Lipinski definition) is 2. The number of carbonyl (C=O) groups excluding carboxylic acids is 1. The van der Waals surface area contributed by atoms with E-state index in [1.807, 2.05) is 0 Å². The second-order valence-corrected chi connectivity index (χ2v) is 5.78. The van der Waals surface area contributed by atoms with Gasteiger partial charge < -0.3 is 20.1 Å². The molecule has 0 radical (unpaired) electrons. The molecule has 0 bridgehead atoms. The zero-order valence-electron chi connectivity index (χ0n) is 15.0. The fraction of sp³-hybridized carbons (Fsp3) is 0.316. The molecule has 0 spiro atoms. The summed E-state index contributed by atoms with van der Waals surface area (Å²) >= 11 is 0. The number of alkyl halides is 2. The molecule has 27 heavy (non-hydrogen) atoms. The molecule has 2 rings (SSSR count). The maximum Gasteiger partial charge on any atom is 0.387 e. The molecule has 0 fully saturated rings. The summed E-state index contributed by atoms with van der Waals surface area (Å²) in [6, 6.07) is 9.85. The van der Waals surface area contributed by atoms with Crippen molar-refractivity contribution in [3.05, 3.63) is 53.8 Å². The van der Waals surface area contributed by atoms with Crippen molar-refractivity contribution < 1.29 is 27.4 Å². The number of carbonyl (C=O) groups is 1. The summed E-state index contributed by atoms with van der Waals surface area (Å²) in [5.41, 5.74) is 1.34. The van der Waals surface area contributed by atoms with E-state index < -0.39 is 12.7 Å². The molecule has 0 aromatic heterocycles. The number of benzene rings is 2. The largest absolute Gasteiger partial charge is 0.493 e. The van der Waals surface area contributed by atoms with Crippen LogP contribution in [0.15, 0.2) is 42.5 Å². The molecule has 2 N–H and O–H groups in total. The maximum absolute atomic E-state index is 12.9. The molecule has 0 heterocycles. The zero-order valence-corrected chi connectivity index (χ0v) is 15.0. The third kappa shape index (κ3) is 6.40. The lowest BCUT2D eigenvalue weighted by atomic mass is 10.1. The molecule has 5 nitrogen and oxygen atoms in total. The van der Waals surface area contributed by atoms with E-state index in [-0.39, 0.29) is 23.2 Å². The Bertz CT molecular complexity index is 754. The standard InChI is InChI=1S/C19H21F3N2O3/c1-12(18(25)23-10-9-13-3-5-14(20)6-4-13)24-15-7-8-16(26-2)17(11-15)27-19(21)22/h3-8,11-12,19,24H,9-10H2,1-2H3,(H,23,25)/t12-/m0/s1. The summed E-state index contributed by atoms with van der Waals surface area (Å²) in [5, 5.41) is 5.68. The maximum atomic E-state index is 12.9. The summed E-state index contributed by atoms with van der Waals surface area (Å²) in [6.45, 7) is -0.953. The Kier molecular flexibility index (Phi) is 7.34. The van der Waals surface area contributed by atoms with E-state index in [1.165, 1.54) is 31.4 Å². The van der Waals surface area contributed by atoms with Gasteiger partial charge in [0.1, 0.15) is 11.9 Å². The second-order valence-electron chi connectivity index (χ2n) is 5.78. The summed E-state index contributed by atoms with van der Waals surface area (Å²) in [6.07, 6.45) is 0.563. The molecule has 1 amide bonds. The van der Waals surface area contributed by atoms with E-state index in [0.29, 0.717) is 18.7 Å². The normalized spacial score (nSPS) is 11.8. The lowest BCUT2D eigenvalue weighted by Gasteiger charge is -2.17. The number of methoxy groups -OCH3 is 1. The van der Waals surface area contributed by atoms with Gasteiger partial charge in [0.25, 0.3) is 0 Å². The van der Waals surface area contributed by atoms with Crippen LogP contribution in [0.1, 0.15) is 12.5 Å². The Labute approximate surface area is 155 Å². The lowest BCUT2D eigenvalue weighted by molar-refractivity contribution is -0.121. The average Bonchev–Trinajstić information content (AvgIpc) is 2.63. The number of halogens is 3. The SMILES string of the molecule is COc1ccc(N[C@@H](C)C(=O)NCCc2ccc(F)cc2)cc1OC(F)F. The molecule has 2 aromatic rings. The van der Waals surface area contributed by atoms with Crippen molar-refractivity contribution in [2.24, 2.45) is 0 Å². The highest BCUT2D eigenvalue weighted by Crippen LogP contribution is 2.31. The van der Waals surface area contributed by atoms with Gasteiger partial charge >= 0.3 is 6.61 Å². The fourth-order valence-electron chi connectivity index (χ4n) is 2.40. The Morgan fingerprint density at radius 2 is 1.81 bits per heavy atom. The topological polar surface area (TPSA) is 59.6 Å². The summed E-state index contributed by atoms with van der Waals surface area (Å²) in [7, 11) is 1.35. The minimum absolute atomic E-state index is 0.124. The van der Waals surface area contributed by atoms with Crippen LogP contribution < -0.4 is 20.1 Å². The molecule has 0 aliphatic heterocycles. The first-order valence-electron chi connectivity index (χ1n) is 8.30. The van der Waals surface area contributed by atoms with Gasteiger partial charge in [-0.15, -0.1) is 0 Å². The van der Waals surface area contributed by atoms with Gasteiger partial charge in [-0.05, 0) is 43.2 Å². The number of anilines is 1. The predicted molar refractivity (Wildman–Crippen MR) is 95.8 cm³/mol. The van der Waals surface area contributed by atoms with Crippen LogP contribution in [0.25, 0.3) is 0 Å². The molecule has 0 saturated carbocycles. The first-order valence-corrected chi connectivity index (χ1v) is 8.30. The highest BCUT2D eigenvalue weighted by molar-refractivity contribution is 5.84. The number of amides is 1. The molecule has 0 aliphatic rings. The summed E-state index contributed by atoms with van der Waals surface area (Å²) in [5.74, 6) is -0.529. The van der Waals surface area contributed by atoms with E-state index in [1.54, 1.807) is 25.1 Å². The van der Waals surface area contributed by atoms with Crippen LogP contribution in [-0.2, 0) is 11.2 Å². The Morgan fingerprint density at radius 3 is 2.44 bits per heavy atom. The molecule has 0 aliphatic carbocycles. The van der Waals surface area contributed by atoms with Crippen molar-refractivity contribution in [1.29, 1.82) is 0 Å². The molecule has 146 valence electrons. The molecule has 0 saturated heterocycles. The molecule has 1 atom stereocenters. The second kappa shape index (κ2) is 9.70. The van der Waals surface area contributed by atoms with Crippen LogP contribution >= 0.6 is 0 Å². The summed E-state index contributed by atoms with van der Waals surface area (Å²) in [4.78, 5) is 12.2. The fourth-order valence-corrected chi connectivity index (χ4v) is 2.40. The van der Waals surface area contributed by atoms with Crippen LogP contribution in [0.2, 0.25) is 0 Å². The van der Waals surface area contributed by atoms with Crippen LogP contribution in [0.3, 0.4) is 0 Å². The third-order valence-electron chi connectivity index (χ3n) is 3.78. The van der Waals surface area contributed by atoms with Gasteiger partial charge in [-0.25, -0.2) is 4.39 Å². The van der Waals surface area contributed by atoms with Crippen molar-refractivity contribution in [1.82, 2.24) is 5.32 Å². The van der Waals surface area contributed by atoms with Gasteiger partial charge in [-0.2, -0.15) is 8.78 Å². The number of rotatable bonds is 9. The number of nitrogens with one attached hydrogen (secondary N) is 2. The minimum Gasteiger partial charge on any atom is -0.493 e. The van der Waals surface area contributed by atoms with Crippen molar-refractivity contribution >= 4 is 11.6 Å². The Hall–Kier alpha value is -2.90. The Morgan fingerprint density at radius 1 is 1.11 bits per heavy atom. The quantitative estimate of drug-likeness (QED) is 0.696. The summed E-state index contributed by atoms with van der Waals surface area (Å²) < 4.78 is 47.2. The van der Waals surface area contributed by atoms with Crippen molar-refractivity contribution in [2.45, 2.75) is 26.0 Å². The average molecular weight is 382 g/mol. The monoisotopic (exact) mass is 382 g/mol. The van der Waals surface area contributed by atoms with Crippen LogP contribution in [-0.4, -0.2) is 32.2 Å². The molecule has 2 aromatic carbocycles. The van der Waals surface area contributed by atoms with E-state index in [9.17, 15) is 18.0 Å². The van der Waals surface area contributed by atoms with Crippen LogP contribution in [0, 0.1) is 5.82 Å². The van der Waals surface area contributed by atoms with Gasteiger partial charge in [0.2, 0.25) is 5.91 Å². The minimum atomic E-state index is -2.98. The number of ether oxygens (including phenoxy) is 2. The lowest BCUT2D eigenvalue weighted by Crippen LogP contribution is -2.38. The van der Waals surface area contributed by atoms with Crippen LogP contribution in [0.4, 0.5) is 18.9 Å². The first-order chi connectivity index (χ1) is 12.9. The van der Waals surface area contributed by atoms with Gasteiger partial charge in [-0.1, -0.05) is 12.1 Å². The highest BCUT2D eigenvalue weighted by atomic mass is 19.3. The predicted octanol–water partition coefficient (Wildman–Crippen LogP) is 3.60. The van der Waals surface area contributed by atoms with Gasteiger partial charge in [0, 0.05) is 18.3 Å². The van der Waals surface area contributed by atoms with Gasteiger partial charge in [0.15, 0.2) is 11.5 Å². The molecule has 8 heteroatoms. The van der Waals surface area contributed by atoms with Gasteiger partial charge in [0.05, 0.1) is 7.11 Å². The molecular formula is C19H21F3N2O3. The third-order valence-corrected chi connectivity index (χ3v) is 3.78.